The number of carbonyl (C=O) groups excluding carboxylic acids is 2. The van der Waals surface area contributed by atoms with Crippen LogP contribution in [0, 0.1) is 5.82 Å². The lowest BCUT2D eigenvalue weighted by molar-refractivity contribution is 0.0904. The van der Waals surface area contributed by atoms with E-state index in [2.05, 4.69) is 5.32 Å². The first-order chi connectivity index (χ1) is 10.1. The van der Waals surface area contributed by atoms with E-state index in [1.165, 1.54) is 19.2 Å². The van der Waals surface area contributed by atoms with E-state index in [1.54, 1.807) is 30.3 Å². The molecule has 0 saturated heterocycles. The maximum absolute atomic E-state index is 13.3. The summed E-state index contributed by atoms with van der Waals surface area (Å²) in [5.74, 6) is -1.22. The van der Waals surface area contributed by atoms with Crippen LogP contribution in [-0.4, -0.2) is 25.3 Å². The van der Waals surface area contributed by atoms with E-state index < -0.39 is 11.7 Å². The molecule has 0 atom stereocenters. The number of carbonyl (C=O) groups is 2. The Labute approximate surface area is 121 Å². The van der Waals surface area contributed by atoms with Crippen LogP contribution in [0.5, 0.6) is 5.75 Å². The van der Waals surface area contributed by atoms with Gasteiger partial charge in [0.2, 0.25) is 0 Å². The summed E-state index contributed by atoms with van der Waals surface area (Å²) in [5, 5.41) is 2.50. The van der Waals surface area contributed by atoms with Crippen molar-refractivity contribution in [2.75, 3.05) is 13.7 Å². The quantitative estimate of drug-likeness (QED) is 0.859. The third-order valence-corrected chi connectivity index (χ3v) is 2.92. The number of halogens is 1. The Morgan fingerprint density at radius 1 is 1.10 bits per heavy atom. The SMILES string of the molecule is COc1cc(C(=O)NCC(=O)c2ccccc2)ccc1F. The van der Waals surface area contributed by atoms with Crippen molar-refractivity contribution in [2.45, 2.75) is 0 Å². The number of rotatable bonds is 5. The van der Waals surface area contributed by atoms with Gasteiger partial charge in [-0.05, 0) is 18.2 Å². The van der Waals surface area contributed by atoms with E-state index in [1.807, 2.05) is 0 Å². The summed E-state index contributed by atoms with van der Waals surface area (Å²) in [4.78, 5) is 23.8. The number of nitrogens with one attached hydrogen (secondary N) is 1. The first kappa shape index (κ1) is 14.7. The summed E-state index contributed by atoms with van der Waals surface area (Å²) in [6.07, 6.45) is 0. The molecule has 0 aliphatic rings. The van der Waals surface area contributed by atoms with Crippen LogP contribution in [-0.2, 0) is 0 Å². The number of benzene rings is 2. The molecule has 0 saturated carbocycles. The van der Waals surface area contributed by atoms with Crippen LogP contribution < -0.4 is 10.1 Å². The molecule has 0 heterocycles. The second-order valence-corrected chi connectivity index (χ2v) is 4.32. The molecule has 4 nitrogen and oxygen atoms in total. The summed E-state index contributed by atoms with van der Waals surface area (Å²) >= 11 is 0. The summed E-state index contributed by atoms with van der Waals surface area (Å²) in [6.45, 7) is -0.122. The minimum absolute atomic E-state index is 0.0166. The lowest BCUT2D eigenvalue weighted by Crippen LogP contribution is -2.29. The van der Waals surface area contributed by atoms with Crippen molar-refractivity contribution < 1.29 is 18.7 Å². The van der Waals surface area contributed by atoms with Gasteiger partial charge < -0.3 is 10.1 Å². The van der Waals surface area contributed by atoms with Gasteiger partial charge in [-0.3, -0.25) is 9.59 Å². The van der Waals surface area contributed by atoms with Crippen LogP contribution in [0.1, 0.15) is 20.7 Å². The Morgan fingerprint density at radius 2 is 1.81 bits per heavy atom. The summed E-state index contributed by atoms with van der Waals surface area (Å²) < 4.78 is 18.1. The van der Waals surface area contributed by atoms with E-state index in [-0.39, 0.29) is 23.6 Å². The van der Waals surface area contributed by atoms with Crippen LogP contribution in [0.4, 0.5) is 4.39 Å². The monoisotopic (exact) mass is 287 g/mol. The van der Waals surface area contributed by atoms with Gasteiger partial charge in [0.05, 0.1) is 13.7 Å². The highest BCUT2D eigenvalue weighted by atomic mass is 19.1. The third-order valence-electron chi connectivity index (χ3n) is 2.92. The van der Waals surface area contributed by atoms with Crippen molar-refractivity contribution in [3.63, 3.8) is 0 Å². The molecule has 21 heavy (non-hydrogen) atoms. The topological polar surface area (TPSA) is 55.4 Å². The molecule has 0 aliphatic heterocycles. The van der Waals surface area contributed by atoms with E-state index in [9.17, 15) is 14.0 Å². The van der Waals surface area contributed by atoms with Crippen LogP contribution in [0.25, 0.3) is 0 Å². The molecule has 5 heteroatoms. The van der Waals surface area contributed by atoms with Crippen molar-refractivity contribution in [3.05, 3.63) is 65.5 Å². The zero-order chi connectivity index (χ0) is 15.2. The van der Waals surface area contributed by atoms with E-state index in [0.717, 1.165) is 6.07 Å². The van der Waals surface area contributed by atoms with Gasteiger partial charge in [-0.15, -0.1) is 0 Å². The maximum Gasteiger partial charge on any atom is 0.251 e. The summed E-state index contributed by atoms with van der Waals surface area (Å²) in [5.41, 5.74) is 0.753. The molecule has 2 aromatic rings. The van der Waals surface area contributed by atoms with Crippen molar-refractivity contribution in [1.29, 1.82) is 0 Å². The molecule has 0 aliphatic carbocycles. The highest BCUT2D eigenvalue weighted by molar-refractivity contribution is 6.02. The Balaban J connectivity index is 2.00. The lowest BCUT2D eigenvalue weighted by atomic mass is 10.1. The molecule has 0 unspecified atom stereocenters. The fourth-order valence-electron chi connectivity index (χ4n) is 1.79. The number of hydrogen-bond acceptors (Lipinski definition) is 3. The van der Waals surface area contributed by atoms with E-state index >= 15 is 0 Å². The standard InChI is InChI=1S/C16H14FNO3/c1-21-15-9-12(7-8-13(15)17)16(20)18-10-14(19)11-5-3-2-4-6-11/h2-9H,10H2,1H3,(H,18,20). The van der Waals surface area contributed by atoms with Gasteiger partial charge in [-0.2, -0.15) is 0 Å². The number of Topliss-reactive ketones (excluding diaryl/α,β-unsaturated/α-hetero) is 1. The van der Waals surface area contributed by atoms with Gasteiger partial charge in [0.1, 0.15) is 0 Å². The summed E-state index contributed by atoms with van der Waals surface area (Å²) in [7, 11) is 1.32. The van der Waals surface area contributed by atoms with Gasteiger partial charge in [-0.25, -0.2) is 4.39 Å². The van der Waals surface area contributed by atoms with Crippen LogP contribution in [0.2, 0.25) is 0 Å². The molecule has 1 N–H and O–H groups in total. The number of hydrogen-bond donors (Lipinski definition) is 1. The fourth-order valence-corrected chi connectivity index (χ4v) is 1.79. The minimum atomic E-state index is -0.547. The van der Waals surface area contributed by atoms with Gasteiger partial charge in [0.15, 0.2) is 17.3 Å². The third kappa shape index (κ3) is 3.66. The van der Waals surface area contributed by atoms with Gasteiger partial charge in [-0.1, -0.05) is 30.3 Å². The molecule has 0 spiro atoms. The molecule has 0 radical (unpaired) electrons. The molecule has 0 bridgehead atoms. The average molecular weight is 287 g/mol. The van der Waals surface area contributed by atoms with Gasteiger partial charge in [0, 0.05) is 11.1 Å². The number of ketones is 1. The Hall–Kier alpha value is -2.69. The first-order valence-electron chi connectivity index (χ1n) is 6.32. The Kier molecular flexibility index (Phi) is 4.66. The second kappa shape index (κ2) is 6.65. The zero-order valence-electron chi connectivity index (χ0n) is 11.4. The fraction of sp³-hybridized carbons (Fsp3) is 0.125. The van der Waals surface area contributed by atoms with Gasteiger partial charge in [0.25, 0.3) is 5.91 Å². The average Bonchev–Trinajstić information content (AvgIpc) is 2.53. The predicted molar refractivity (Wildman–Crippen MR) is 76.1 cm³/mol. The van der Waals surface area contributed by atoms with Crippen molar-refractivity contribution in [1.82, 2.24) is 5.32 Å². The lowest BCUT2D eigenvalue weighted by Gasteiger charge is -2.07. The smallest absolute Gasteiger partial charge is 0.251 e. The van der Waals surface area contributed by atoms with E-state index in [0.29, 0.717) is 5.56 Å². The predicted octanol–water partition coefficient (Wildman–Crippen LogP) is 2.45. The van der Waals surface area contributed by atoms with Crippen LogP contribution in [0.15, 0.2) is 48.5 Å². The Bertz CT molecular complexity index is 656. The Morgan fingerprint density at radius 3 is 2.48 bits per heavy atom. The van der Waals surface area contributed by atoms with Crippen molar-refractivity contribution in [2.24, 2.45) is 0 Å². The molecule has 0 aromatic heterocycles. The van der Waals surface area contributed by atoms with Crippen LogP contribution in [0.3, 0.4) is 0 Å². The maximum atomic E-state index is 13.3. The van der Waals surface area contributed by atoms with Crippen molar-refractivity contribution >= 4 is 11.7 Å². The van der Waals surface area contributed by atoms with E-state index in [4.69, 9.17) is 4.74 Å². The highest BCUT2D eigenvalue weighted by Gasteiger charge is 2.12. The molecular formula is C16H14FNO3. The molecule has 2 rings (SSSR count). The largest absolute Gasteiger partial charge is 0.494 e. The first-order valence-corrected chi connectivity index (χ1v) is 6.32. The number of ether oxygens (including phenoxy) is 1. The number of amides is 1. The normalized spacial score (nSPS) is 10.0. The number of methoxy groups -OCH3 is 1. The minimum Gasteiger partial charge on any atom is -0.494 e. The molecule has 2 aromatic carbocycles. The second-order valence-electron chi connectivity index (χ2n) is 4.32. The van der Waals surface area contributed by atoms with Crippen LogP contribution >= 0.6 is 0 Å². The molecule has 1 amide bonds. The molecule has 108 valence electrons. The summed E-state index contributed by atoms with van der Waals surface area (Å²) in [6, 6.07) is 12.4. The van der Waals surface area contributed by atoms with Gasteiger partial charge >= 0.3 is 0 Å². The molecule has 0 fully saturated rings. The zero-order valence-corrected chi connectivity index (χ0v) is 11.4. The molecular weight excluding hydrogens is 273 g/mol. The highest BCUT2D eigenvalue weighted by Crippen LogP contribution is 2.18. The van der Waals surface area contributed by atoms with Crippen molar-refractivity contribution in [3.8, 4) is 5.75 Å².